The van der Waals surface area contributed by atoms with E-state index in [4.69, 9.17) is 23.2 Å². The Balaban J connectivity index is 1.62. The van der Waals surface area contributed by atoms with Crippen LogP contribution in [-0.2, 0) is 29.1 Å². The van der Waals surface area contributed by atoms with Gasteiger partial charge in [-0.15, -0.1) is 0 Å². The fraction of sp³-hybridized carbons (Fsp3) is 0.161. The summed E-state index contributed by atoms with van der Waals surface area (Å²) in [5, 5.41) is 4.00. The smallest absolute Gasteiger partial charge is 0.247 e. The molecule has 4 aromatic rings. The number of carbonyl (C=O) groups excluding carboxylic acids is 2. The Kier molecular flexibility index (Phi) is 9.36. The van der Waals surface area contributed by atoms with Crippen molar-refractivity contribution in [2.75, 3.05) is 0 Å². The Morgan fingerprint density at radius 1 is 0.757 bits per heavy atom. The molecule has 1 N–H and O–H groups in total. The number of hydrogen-bond donors (Lipinski definition) is 1. The van der Waals surface area contributed by atoms with Gasteiger partial charge >= 0.3 is 0 Å². The van der Waals surface area contributed by atoms with Gasteiger partial charge in [-0.2, -0.15) is 0 Å². The van der Waals surface area contributed by atoms with Crippen molar-refractivity contribution in [1.29, 1.82) is 0 Å². The van der Waals surface area contributed by atoms with E-state index < -0.39 is 6.04 Å². The summed E-state index contributed by atoms with van der Waals surface area (Å²) in [6.07, 6.45) is 0.880. The number of nitrogens with one attached hydrogen (secondary N) is 1. The molecule has 0 bridgehead atoms. The Bertz CT molecular complexity index is 1320. The minimum absolute atomic E-state index is 0.0961. The molecule has 0 aliphatic carbocycles. The van der Waals surface area contributed by atoms with E-state index in [1.165, 1.54) is 0 Å². The topological polar surface area (TPSA) is 49.4 Å². The normalized spacial score (nSPS) is 11.5. The molecule has 0 unspecified atom stereocenters. The molecule has 2 amide bonds. The van der Waals surface area contributed by atoms with E-state index in [2.05, 4.69) is 5.32 Å². The molecule has 0 spiro atoms. The molecule has 37 heavy (non-hydrogen) atoms. The first-order valence-corrected chi connectivity index (χ1v) is 12.9. The zero-order chi connectivity index (χ0) is 26.0. The largest absolute Gasteiger partial charge is 0.350 e. The monoisotopic (exact) mass is 530 g/mol. The molecule has 0 aliphatic heterocycles. The summed E-state index contributed by atoms with van der Waals surface area (Å²) in [5.41, 5.74) is 3.51. The van der Waals surface area contributed by atoms with Crippen LogP contribution in [0.3, 0.4) is 0 Å². The van der Waals surface area contributed by atoms with Crippen LogP contribution in [-0.4, -0.2) is 16.7 Å². The molecule has 4 aromatic carbocycles. The Hall–Kier alpha value is -3.60. The van der Waals surface area contributed by atoms with E-state index in [9.17, 15) is 9.59 Å². The highest BCUT2D eigenvalue weighted by Gasteiger charge is 2.31. The Morgan fingerprint density at radius 2 is 1.35 bits per heavy atom. The minimum Gasteiger partial charge on any atom is -0.350 e. The zero-order valence-corrected chi connectivity index (χ0v) is 21.8. The molecular weight excluding hydrogens is 503 g/mol. The number of hydrogen-bond acceptors (Lipinski definition) is 2. The van der Waals surface area contributed by atoms with Crippen molar-refractivity contribution < 1.29 is 9.59 Å². The third-order valence-corrected chi connectivity index (χ3v) is 6.72. The molecule has 6 heteroatoms. The molecule has 0 aliphatic rings. The number of amides is 2. The van der Waals surface area contributed by atoms with Gasteiger partial charge in [0, 0.05) is 29.6 Å². The van der Waals surface area contributed by atoms with Crippen LogP contribution in [0.25, 0.3) is 0 Å². The van der Waals surface area contributed by atoms with Crippen molar-refractivity contribution in [1.82, 2.24) is 10.2 Å². The van der Waals surface area contributed by atoms with Crippen molar-refractivity contribution in [3.63, 3.8) is 0 Å². The first-order chi connectivity index (χ1) is 18.0. The first-order valence-electron chi connectivity index (χ1n) is 12.1. The van der Waals surface area contributed by atoms with Crippen LogP contribution >= 0.6 is 23.2 Å². The van der Waals surface area contributed by atoms with E-state index in [0.717, 1.165) is 22.3 Å². The minimum atomic E-state index is -0.809. The summed E-state index contributed by atoms with van der Waals surface area (Å²) in [7, 11) is 0. The predicted molar refractivity (Wildman–Crippen MR) is 149 cm³/mol. The lowest BCUT2D eigenvalue weighted by molar-refractivity contribution is -0.141. The molecule has 0 saturated carbocycles. The molecule has 1 atom stereocenters. The zero-order valence-electron chi connectivity index (χ0n) is 20.3. The number of halogens is 2. The van der Waals surface area contributed by atoms with Gasteiger partial charge < -0.3 is 10.2 Å². The highest BCUT2D eigenvalue weighted by Crippen LogP contribution is 2.26. The number of benzene rings is 4. The number of aryl methyl sites for hydroxylation is 1. The summed E-state index contributed by atoms with van der Waals surface area (Å²) >= 11 is 12.4. The molecule has 0 radical (unpaired) electrons. The quantitative estimate of drug-likeness (QED) is 0.239. The van der Waals surface area contributed by atoms with E-state index in [0.29, 0.717) is 23.0 Å². The van der Waals surface area contributed by atoms with Crippen LogP contribution in [0.1, 0.15) is 34.7 Å². The molecule has 0 saturated heterocycles. The number of nitrogens with zero attached hydrogens (tertiary/aromatic N) is 1. The summed E-state index contributed by atoms with van der Waals surface area (Å²) in [5.74, 6) is -0.373. The van der Waals surface area contributed by atoms with Crippen molar-refractivity contribution in [3.05, 3.63) is 141 Å². The van der Waals surface area contributed by atoms with E-state index in [1.54, 1.807) is 23.1 Å². The van der Waals surface area contributed by atoms with Gasteiger partial charge in [0.2, 0.25) is 11.8 Å². The third-order valence-electron chi connectivity index (χ3n) is 6.13. The van der Waals surface area contributed by atoms with Crippen LogP contribution in [0.15, 0.2) is 109 Å². The van der Waals surface area contributed by atoms with Crippen molar-refractivity contribution in [3.8, 4) is 0 Å². The first kappa shape index (κ1) is 26.5. The fourth-order valence-electron chi connectivity index (χ4n) is 4.20. The highest BCUT2D eigenvalue weighted by atomic mass is 35.5. The SMILES string of the molecule is O=C(NCc1ccc(Cl)cc1Cl)[C@H](c1ccccc1)N(Cc1ccccc1)C(=O)CCc1ccccc1. The maximum atomic E-state index is 13.7. The number of carbonyl (C=O) groups is 2. The van der Waals surface area contributed by atoms with Gasteiger partial charge in [-0.25, -0.2) is 0 Å². The lowest BCUT2D eigenvalue weighted by atomic mass is 10.0. The second-order valence-corrected chi connectivity index (χ2v) is 9.60. The average Bonchev–Trinajstić information content (AvgIpc) is 2.92. The molecule has 0 heterocycles. The summed E-state index contributed by atoms with van der Waals surface area (Å²) in [4.78, 5) is 29.1. The molecule has 4 nitrogen and oxygen atoms in total. The summed E-state index contributed by atoms with van der Waals surface area (Å²) in [6.45, 7) is 0.526. The summed E-state index contributed by atoms with van der Waals surface area (Å²) in [6, 6.07) is 33.4. The van der Waals surface area contributed by atoms with Crippen LogP contribution in [0, 0.1) is 0 Å². The summed E-state index contributed by atoms with van der Waals surface area (Å²) < 4.78 is 0. The molecule has 0 fully saturated rings. The van der Waals surface area contributed by atoms with Crippen LogP contribution in [0.5, 0.6) is 0 Å². The molecular formula is C31H28Cl2N2O2. The standard InChI is InChI=1S/C31H28Cl2N2O2/c32-27-18-17-26(28(33)20-27)21-34-31(37)30(25-14-8-3-9-15-25)35(22-24-12-6-2-7-13-24)29(36)19-16-23-10-4-1-5-11-23/h1-15,17-18,20,30H,16,19,21-22H2,(H,34,37)/t30-/m0/s1. The van der Waals surface area contributed by atoms with Crippen molar-refractivity contribution in [2.24, 2.45) is 0 Å². The predicted octanol–water partition coefficient (Wildman–Crippen LogP) is 7.01. The molecule has 0 aromatic heterocycles. The van der Waals surface area contributed by atoms with Crippen LogP contribution in [0.4, 0.5) is 0 Å². The Labute approximate surface area is 227 Å². The lowest BCUT2D eigenvalue weighted by Gasteiger charge is -2.32. The average molecular weight is 531 g/mol. The second-order valence-electron chi connectivity index (χ2n) is 8.76. The van der Waals surface area contributed by atoms with E-state index in [-0.39, 0.29) is 24.8 Å². The molecule has 188 valence electrons. The van der Waals surface area contributed by atoms with Gasteiger partial charge in [0.05, 0.1) is 0 Å². The molecule has 4 rings (SSSR count). The van der Waals surface area contributed by atoms with E-state index >= 15 is 0 Å². The van der Waals surface area contributed by atoms with Gasteiger partial charge in [0.25, 0.3) is 0 Å². The maximum Gasteiger partial charge on any atom is 0.247 e. The highest BCUT2D eigenvalue weighted by molar-refractivity contribution is 6.35. The van der Waals surface area contributed by atoms with Gasteiger partial charge in [0.15, 0.2) is 0 Å². The fourth-order valence-corrected chi connectivity index (χ4v) is 4.67. The van der Waals surface area contributed by atoms with Crippen molar-refractivity contribution >= 4 is 35.0 Å². The third kappa shape index (κ3) is 7.45. The Morgan fingerprint density at radius 3 is 1.97 bits per heavy atom. The van der Waals surface area contributed by atoms with Gasteiger partial charge in [-0.1, -0.05) is 120 Å². The van der Waals surface area contributed by atoms with Crippen molar-refractivity contribution in [2.45, 2.75) is 32.0 Å². The van der Waals surface area contributed by atoms with Crippen LogP contribution < -0.4 is 5.32 Å². The second kappa shape index (κ2) is 13.1. The van der Waals surface area contributed by atoms with Crippen LogP contribution in [0.2, 0.25) is 10.0 Å². The number of rotatable bonds is 10. The van der Waals surface area contributed by atoms with Gasteiger partial charge in [-0.05, 0) is 40.8 Å². The van der Waals surface area contributed by atoms with Gasteiger partial charge in [0.1, 0.15) is 6.04 Å². The maximum absolute atomic E-state index is 13.7. The van der Waals surface area contributed by atoms with Gasteiger partial charge in [-0.3, -0.25) is 9.59 Å². The van der Waals surface area contributed by atoms with E-state index in [1.807, 2.05) is 91.0 Å². The lowest BCUT2D eigenvalue weighted by Crippen LogP contribution is -2.43.